The average molecular weight is 480 g/mol. The fourth-order valence-electron chi connectivity index (χ4n) is 3.23. The normalized spacial score (nSPS) is 12.3. The number of hydrogen-bond donors (Lipinski definition) is 0. The first kappa shape index (κ1) is 22.3. The van der Waals surface area contributed by atoms with Crippen molar-refractivity contribution in [3.63, 3.8) is 0 Å². The van der Waals surface area contributed by atoms with Crippen molar-refractivity contribution in [2.45, 2.75) is 13.5 Å². The second-order valence-electron chi connectivity index (χ2n) is 7.37. The number of Topliss-reactive ketones (excluding diaryl/α,β-unsaturated/α-hetero) is 1. The van der Waals surface area contributed by atoms with Crippen LogP contribution in [0.1, 0.15) is 27.0 Å². The number of aromatic nitrogens is 1. The van der Waals surface area contributed by atoms with Crippen molar-refractivity contribution in [1.29, 1.82) is 0 Å². The Kier molecular flexibility index (Phi) is 6.75. The number of ketones is 1. The maximum atomic E-state index is 13.3. The van der Waals surface area contributed by atoms with Gasteiger partial charge in [-0.15, -0.1) is 11.3 Å². The summed E-state index contributed by atoms with van der Waals surface area (Å²) in [7, 11) is 0. The number of benzene rings is 3. The van der Waals surface area contributed by atoms with E-state index < -0.39 is 0 Å². The highest BCUT2D eigenvalue weighted by Gasteiger charge is 2.11. The third kappa shape index (κ3) is 5.10. The number of thiazole rings is 1. The molecule has 0 fully saturated rings. The Balaban J connectivity index is 1.86. The molecular formula is C26H19Cl2NO2S. The molecule has 3 nitrogen and oxygen atoms in total. The first-order valence-electron chi connectivity index (χ1n) is 9.94. The Hall–Kier alpha value is -2.92. The van der Waals surface area contributed by atoms with Crippen LogP contribution in [0.3, 0.4) is 0 Å². The Labute approximate surface area is 199 Å². The third-order valence-electron chi connectivity index (χ3n) is 4.96. The van der Waals surface area contributed by atoms with E-state index in [1.807, 2.05) is 49.4 Å². The number of nitrogens with zero attached hydrogens (tertiary/aromatic N) is 1. The van der Waals surface area contributed by atoms with Crippen LogP contribution in [-0.2, 0) is 6.54 Å². The Morgan fingerprint density at radius 2 is 1.66 bits per heavy atom. The highest BCUT2D eigenvalue weighted by molar-refractivity contribution is 7.07. The summed E-state index contributed by atoms with van der Waals surface area (Å²) in [5.74, 6) is -0.247. The molecule has 160 valence electrons. The van der Waals surface area contributed by atoms with Crippen LogP contribution in [-0.4, -0.2) is 10.4 Å². The van der Waals surface area contributed by atoms with E-state index in [0.717, 1.165) is 16.7 Å². The van der Waals surface area contributed by atoms with Gasteiger partial charge >= 0.3 is 0 Å². The molecule has 0 saturated carbocycles. The van der Waals surface area contributed by atoms with Crippen LogP contribution in [0.4, 0.5) is 0 Å². The van der Waals surface area contributed by atoms with E-state index in [9.17, 15) is 9.59 Å². The molecule has 0 bridgehead atoms. The van der Waals surface area contributed by atoms with Crippen LogP contribution in [0, 0.1) is 6.92 Å². The van der Waals surface area contributed by atoms with E-state index in [2.05, 4.69) is 0 Å². The van der Waals surface area contributed by atoms with Gasteiger partial charge in [0.25, 0.3) is 5.56 Å². The second-order valence-corrected chi connectivity index (χ2v) is 9.27. The molecule has 0 spiro atoms. The molecule has 1 aromatic heterocycles. The molecular weight excluding hydrogens is 461 g/mol. The minimum absolute atomic E-state index is 0.149. The van der Waals surface area contributed by atoms with E-state index >= 15 is 0 Å². The zero-order valence-electron chi connectivity index (χ0n) is 17.2. The molecule has 0 atom stereocenters. The smallest absolute Gasteiger partial charge is 0.269 e. The summed E-state index contributed by atoms with van der Waals surface area (Å²) in [6.45, 7) is 2.34. The monoisotopic (exact) mass is 479 g/mol. The quantitative estimate of drug-likeness (QED) is 0.375. The molecule has 32 heavy (non-hydrogen) atoms. The van der Waals surface area contributed by atoms with Crippen LogP contribution in [0.5, 0.6) is 0 Å². The van der Waals surface area contributed by atoms with E-state index in [4.69, 9.17) is 23.2 Å². The molecule has 0 aliphatic heterocycles. The first-order valence-corrected chi connectivity index (χ1v) is 11.5. The fourth-order valence-corrected chi connectivity index (χ4v) is 4.63. The lowest BCUT2D eigenvalue weighted by molar-refractivity contribution is 0.106. The second kappa shape index (κ2) is 9.70. The molecule has 4 rings (SSSR count). The number of rotatable bonds is 5. The van der Waals surface area contributed by atoms with Gasteiger partial charge in [-0.25, -0.2) is 0 Å². The minimum Gasteiger partial charge on any atom is -0.294 e. The summed E-state index contributed by atoms with van der Waals surface area (Å²) in [5, 5.41) is 1.00. The van der Waals surface area contributed by atoms with Crippen LogP contribution < -0.4 is 14.8 Å². The van der Waals surface area contributed by atoms with Gasteiger partial charge in [-0.1, -0.05) is 77.3 Å². The number of halogens is 2. The number of carbonyl (C=O) groups is 1. The van der Waals surface area contributed by atoms with Gasteiger partial charge in [0.15, 0.2) is 5.78 Å². The summed E-state index contributed by atoms with van der Waals surface area (Å²) in [6, 6.07) is 22.1. The van der Waals surface area contributed by atoms with Crippen molar-refractivity contribution < 1.29 is 4.79 Å². The molecule has 3 aromatic carbocycles. The lowest BCUT2D eigenvalue weighted by Crippen LogP contribution is -2.32. The van der Waals surface area contributed by atoms with Crippen molar-refractivity contribution in [3.8, 4) is 0 Å². The minimum atomic E-state index is -0.247. The summed E-state index contributed by atoms with van der Waals surface area (Å²) in [5.41, 5.74) is 3.24. The van der Waals surface area contributed by atoms with Crippen LogP contribution in [0.2, 0.25) is 10.0 Å². The van der Waals surface area contributed by atoms with Gasteiger partial charge in [-0.3, -0.25) is 14.2 Å². The van der Waals surface area contributed by atoms with Gasteiger partial charge in [-0.2, -0.15) is 0 Å². The van der Waals surface area contributed by atoms with Gasteiger partial charge < -0.3 is 0 Å². The summed E-state index contributed by atoms with van der Waals surface area (Å²) in [4.78, 5) is 26.2. The SMILES string of the molecule is Cc1ccc(C=c2sc(=CC(=O)c3ccccc3Cl)n(Cc3ccc(Cl)cc3)c2=O)cc1. The standard InChI is InChI=1S/C26H19Cl2NO2S/c1-17-6-8-18(9-7-17)14-24-26(31)29(16-19-10-12-20(27)13-11-19)25(32-24)15-23(30)21-4-2-3-5-22(21)28/h2-15H,16H2,1H3. The van der Waals surface area contributed by atoms with Crippen molar-refractivity contribution >= 4 is 52.5 Å². The highest BCUT2D eigenvalue weighted by Crippen LogP contribution is 2.16. The van der Waals surface area contributed by atoms with Gasteiger partial charge in [0.2, 0.25) is 0 Å². The molecule has 0 unspecified atom stereocenters. The number of hydrogen-bond acceptors (Lipinski definition) is 3. The van der Waals surface area contributed by atoms with Crippen molar-refractivity contribution in [2.24, 2.45) is 0 Å². The Bertz CT molecular complexity index is 1450. The van der Waals surface area contributed by atoms with Gasteiger partial charge in [0, 0.05) is 16.7 Å². The average Bonchev–Trinajstić information content (AvgIpc) is 3.06. The highest BCUT2D eigenvalue weighted by atomic mass is 35.5. The predicted molar refractivity (Wildman–Crippen MR) is 133 cm³/mol. The van der Waals surface area contributed by atoms with E-state index in [1.54, 1.807) is 41.0 Å². The topological polar surface area (TPSA) is 39.1 Å². The molecule has 4 aromatic rings. The molecule has 0 saturated heterocycles. The summed E-state index contributed by atoms with van der Waals surface area (Å²) >= 11 is 13.5. The van der Waals surface area contributed by atoms with Crippen molar-refractivity contribution in [1.82, 2.24) is 4.57 Å². The van der Waals surface area contributed by atoms with Crippen LogP contribution >= 0.6 is 34.5 Å². The Morgan fingerprint density at radius 3 is 2.34 bits per heavy atom. The molecule has 0 amide bonds. The first-order chi connectivity index (χ1) is 15.4. The van der Waals surface area contributed by atoms with Gasteiger partial charge in [0.05, 0.1) is 16.1 Å². The molecule has 0 radical (unpaired) electrons. The van der Waals surface area contributed by atoms with E-state index in [1.165, 1.54) is 17.4 Å². The van der Waals surface area contributed by atoms with Crippen molar-refractivity contribution in [2.75, 3.05) is 0 Å². The maximum absolute atomic E-state index is 13.3. The molecule has 0 aliphatic carbocycles. The zero-order valence-corrected chi connectivity index (χ0v) is 19.5. The fraction of sp³-hybridized carbons (Fsp3) is 0.0769. The van der Waals surface area contributed by atoms with Crippen LogP contribution in [0.25, 0.3) is 12.2 Å². The Morgan fingerprint density at radius 1 is 0.969 bits per heavy atom. The van der Waals surface area contributed by atoms with Gasteiger partial charge in [0.1, 0.15) is 4.66 Å². The van der Waals surface area contributed by atoms with E-state index in [-0.39, 0.29) is 11.3 Å². The molecule has 0 N–H and O–H groups in total. The lowest BCUT2D eigenvalue weighted by Gasteiger charge is -2.03. The predicted octanol–water partition coefficient (Wildman–Crippen LogP) is 5.07. The number of carbonyl (C=O) groups excluding carboxylic acids is 1. The van der Waals surface area contributed by atoms with E-state index in [0.29, 0.717) is 31.3 Å². The van der Waals surface area contributed by atoms with Gasteiger partial charge in [-0.05, 0) is 48.4 Å². The molecule has 0 aliphatic rings. The summed E-state index contributed by atoms with van der Waals surface area (Å²) in [6.07, 6.45) is 3.33. The largest absolute Gasteiger partial charge is 0.294 e. The zero-order chi connectivity index (χ0) is 22.7. The molecule has 1 heterocycles. The summed E-state index contributed by atoms with van der Waals surface area (Å²) < 4.78 is 2.73. The third-order valence-corrected chi connectivity index (χ3v) is 6.60. The van der Waals surface area contributed by atoms with Crippen molar-refractivity contribution in [3.05, 3.63) is 125 Å². The lowest BCUT2D eigenvalue weighted by atomic mass is 10.1. The van der Waals surface area contributed by atoms with Crippen LogP contribution in [0.15, 0.2) is 77.6 Å². The number of aryl methyl sites for hydroxylation is 1. The maximum Gasteiger partial charge on any atom is 0.269 e. The molecule has 6 heteroatoms.